The summed E-state index contributed by atoms with van der Waals surface area (Å²) in [7, 11) is 0. The molecule has 3 nitrogen and oxygen atoms in total. The van der Waals surface area contributed by atoms with Crippen LogP contribution in [0.25, 0.3) is 0 Å². The van der Waals surface area contributed by atoms with Crippen molar-refractivity contribution in [1.82, 2.24) is 5.32 Å². The molecule has 0 atom stereocenters. The zero-order valence-electron chi connectivity index (χ0n) is 12.2. The molecule has 0 spiro atoms. The molecule has 4 heteroatoms. The van der Waals surface area contributed by atoms with Crippen LogP contribution in [0.2, 0.25) is 0 Å². The van der Waals surface area contributed by atoms with Crippen LogP contribution in [0.15, 0.2) is 46.9 Å². The van der Waals surface area contributed by atoms with Gasteiger partial charge in [0.2, 0.25) is 0 Å². The molecule has 0 saturated carbocycles. The van der Waals surface area contributed by atoms with Gasteiger partial charge < -0.3 is 10.1 Å². The first-order valence-corrected chi connectivity index (χ1v) is 7.65. The highest BCUT2D eigenvalue weighted by Gasteiger charge is 2.09. The van der Waals surface area contributed by atoms with E-state index < -0.39 is 0 Å². The number of ether oxygens (including phenoxy) is 1. The fourth-order valence-corrected chi connectivity index (χ4v) is 2.67. The quantitative estimate of drug-likeness (QED) is 0.884. The van der Waals surface area contributed by atoms with Gasteiger partial charge in [0.1, 0.15) is 5.75 Å². The number of hydrogen-bond acceptors (Lipinski definition) is 2. The van der Waals surface area contributed by atoms with Crippen molar-refractivity contribution in [3.63, 3.8) is 0 Å². The molecule has 0 bridgehead atoms. The smallest absolute Gasteiger partial charge is 0.252 e. The fraction of sp³-hybridized carbons (Fsp3) is 0.235. The number of aryl methyl sites for hydroxylation is 1. The SMILES string of the molecule is CCOc1cccc(CNC(=O)c2ccc(C)cc2Br)c1. The molecule has 1 amide bonds. The lowest BCUT2D eigenvalue weighted by Crippen LogP contribution is -2.23. The van der Waals surface area contributed by atoms with E-state index in [4.69, 9.17) is 4.74 Å². The number of carbonyl (C=O) groups excluding carboxylic acids is 1. The van der Waals surface area contributed by atoms with E-state index in [1.807, 2.05) is 56.3 Å². The van der Waals surface area contributed by atoms with Crippen LogP contribution in [-0.2, 0) is 6.54 Å². The highest BCUT2D eigenvalue weighted by atomic mass is 79.9. The zero-order chi connectivity index (χ0) is 15.2. The summed E-state index contributed by atoms with van der Waals surface area (Å²) in [5, 5.41) is 2.92. The van der Waals surface area contributed by atoms with Gasteiger partial charge in [-0.3, -0.25) is 4.79 Å². The number of nitrogens with one attached hydrogen (secondary N) is 1. The lowest BCUT2D eigenvalue weighted by Gasteiger charge is -2.09. The van der Waals surface area contributed by atoms with Gasteiger partial charge in [-0.15, -0.1) is 0 Å². The highest BCUT2D eigenvalue weighted by Crippen LogP contribution is 2.18. The molecule has 110 valence electrons. The van der Waals surface area contributed by atoms with Crippen molar-refractivity contribution in [2.24, 2.45) is 0 Å². The van der Waals surface area contributed by atoms with Crippen molar-refractivity contribution in [2.45, 2.75) is 20.4 Å². The van der Waals surface area contributed by atoms with E-state index in [1.54, 1.807) is 0 Å². The van der Waals surface area contributed by atoms with Crippen LogP contribution in [-0.4, -0.2) is 12.5 Å². The Kier molecular flexibility index (Phi) is 5.39. The van der Waals surface area contributed by atoms with E-state index in [9.17, 15) is 4.79 Å². The Bertz CT molecular complexity index is 640. The minimum absolute atomic E-state index is 0.0938. The molecule has 0 aliphatic rings. The van der Waals surface area contributed by atoms with Gasteiger partial charge in [0.05, 0.1) is 12.2 Å². The molecular formula is C17H18BrNO2. The highest BCUT2D eigenvalue weighted by molar-refractivity contribution is 9.10. The molecule has 0 fully saturated rings. The van der Waals surface area contributed by atoms with Gasteiger partial charge in [-0.25, -0.2) is 0 Å². The Morgan fingerprint density at radius 1 is 1.24 bits per heavy atom. The number of amides is 1. The Morgan fingerprint density at radius 2 is 2.05 bits per heavy atom. The summed E-state index contributed by atoms with van der Waals surface area (Å²) >= 11 is 3.43. The molecule has 0 aliphatic carbocycles. The van der Waals surface area contributed by atoms with Crippen LogP contribution in [0.3, 0.4) is 0 Å². The van der Waals surface area contributed by atoms with Gasteiger partial charge in [-0.2, -0.15) is 0 Å². The summed E-state index contributed by atoms with van der Waals surface area (Å²) in [6.07, 6.45) is 0. The Morgan fingerprint density at radius 3 is 2.76 bits per heavy atom. The average molecular weight is 348 g/mol. The van der Waals surface area contributed by atoms with Gasteiger partial charge in [0, 0.05) is 11.0 Å². The van der Waals surface area contributed by atoms with Crippen LogP contribution in [0.5, 0.6) is 5.75 Å². The maximum absolute atomic E-state index is 12.2. The Hall–Kier alpha value is -1.81. The van der Waals surface area contributed by atoms with E-state index in [-0.39, 0.29) is 5.91 Å². The molecule has 2 aromatic rings. The third-order valence-electron chi connectivity index (χ3n) is 3.03. The maximum atomic E-state index is 12.2. The molecule has 0 saturated heterocycles. The summed E-state index contributed by atoms with van der Waals surface area (Å²) < 4.78 is 6.26. The fourth-order valence-electron chi connectivity index (χ4n) is 1.99. The number of rotatable bonds is 5. The Labute approximate surface area is 133 Å². The van der Waals surface area contributed by atoms with Gasteiger partial charge in [0.25, 0.3) is 5.91 Å². The summed E-state index contributed by atoms with van der Waals surface area (Å²) in [5.41, 5.74) is 2.77. The second-order valence-corrected chi connectivity index (χ2v) is 5.60. The normalized spacial score (nSPS) is 10.2. The summed E-state index contributed by atoms with van der Waals surface area (Å²) in [5.74, 6) is 0.726. The van der Waals surface area contributed by atoms with Crippen molar-refractivity contribution in [3.8, 4) is 5.75 Å². The van der Waals surface area contributed by atoms with Gasteiger partial charge in [-0.1, -0.05) is 18.2 Å². The van der Waals surface area contributed by atoms with Crippen molar-refractivity contribution in [3.05, 3.63) is 63.6 Å². The van der Waals surface area contributed by atoms with Crippen molar-refractivity contribution >= 4 is 21.8 Å². The Balaban J connectivity index is 2.02. The minimum atomic E-state index is -0.0938. The third kappa shape index (κ3) is 4.33. The zero-order valence-corrected chi connectivity index (χ0v) is 13.7. The van der Waals surface area contributed by atoms with E-state index in [2.05, 4.69) is 21.2 Å². The first-order chi connectivity index (χ1) is 10.1. The second kappa shape index (κ2) is 7.27. The largest absolute Gasteiger partial charge is 0.494 e. The third-order valence-corrected chi connectivity index (χ3v) is 3.69. The lowest BCUT2D eigenvalue weighted by molar-refractivity contribution is 0.0950. The van der Waals surface area contributed by atoms with Crippen LogP contribution < -0.4 is 10.1 Å². The van der Waals surface area contributed by atoms with Crippen LogP contribution in [0, 0.1) is 6.92 Å². The van der Waals surface area contributed by atoms with Crippen LogP contribution >= 0.6 is 15.9 Å². The molecule has 0 radical (unpaired) electrons. The molecule has 2 aromatic carbocycles. The van der Waals surface area contributed by atoms with Crippen LogP contribution in [0.1, 0.15) is 28.4 Å². The van der Waals surface area contributed by atoms with Crippen molar-refractivity contribution < 1.29 is 9.53 Å². The van der Waals surface area contributed by atoms with E-state index in [0.717, 1.165) is 21.3 Å². The predicted octanol–water partition coefficient (Wildman–Crippen LogP) is 4.09. The number of carbonyl (C=O) groups is 1. The molecule has 0 aliphatic heterocycles. The maximum Gasteiger partial charge on any atom is 0.252 e. The average Bonchev–Trinajstić information content (AvgIpc) is 2.45. The standard InChI is InChI=1S/C17H18BrNO2/c1-3-21-14-6-4-5-13(10-14)11-19-17(20)15-8-7-12(2)9-16(15)18/h4-10H,3,11H2,1-2H3,(H,19,20). The van der Waals surface area contributed by atoms with E-state index in [1.165, 1.54) is 0 Å². The molecule has 0 heterocycles. The number of hydrogen-bond donors (Lipinski definition) is 1. The number of benzene rings is 2. The van der Waals surface area contributed by atoms with Gasteiger partial charge >= 0.3 is 0 Å². The summed E-state index contributed by atoms with van der Waals surface area (Å²) in [6, 6.07) is 13.4. The van der Waals surface area contributed by atoms with Crippen molar-refractivity contribution in [1.29, 1.82) is 0 Å². The molecular weight excluding hydrogens is 330 g/mol. The van der Waals surface area contributed by atoms with Gasteiger partial charge in [0.15, 0.2) is 0 Å². The predicted molar refractivity (Wildman–Crippen MR) is 87.7 cm³/mol. The van der Waals surface area contributed by atoms with Crippen LogP contribution in [0.4, 0.5) is 0 Å². The molecule has 1 N–H and O–H groups in total. The first kappa shape index (κ1) is 15.6. The summed E-state index contributed by atoms with van der Waals surface area (Å²) in [6.45, 7) is 5.04. The van der Waals surface area contributed by atoms with Gasteiger partial charge in [-0.05, 0) is 65.2 Å². The topological polar surface area (TPSA) is 38.3 Å². The molecule has 0 aromatic heterocycles. The summed E-state index contributed by atoms with van der Waals surface area (Å²) in [4.78, 5) is 12.2. The monoisotopic (exact) mass is 347 g/mol. The first-order valence-electron chi connectivity index (χ1n) is 6.86. The lowest BCUT2D eigenvalue weighted by atomic mass is 10.1. The second-order valence-electron chi connectivity index (χ2n) is 4.75. The molecule has 21 heavy (non-hydrogen) atoms. The van der Waals surface area contributed by atoms with Crippen molar-refractivity contribution in [2.75, 3.05) is 6.61 Å². The van der Waals surface area contributed by atoms with E-state index >= 15 is 0 Å². The molecule has 2 rings (SSSR count). The molecule has 0 unspecified atom stereocenters. The minimum Gasteiger partial charge on any atom is -0.494 e. The van der Waals surface area contributed by atoms with E-state index in [0.29, 0.717) is 18.7 Å². The number of halogens is 1.